The highest BCUT2D eigenvalue weighted by molar-refractivity contribution is 7.13. The van der Waals surface area contributed by atoms with Crippen molar-refractivity contribution in [1.82, 2.24) is 19.2 Å². The Kier molecular flexibility index (Phi) is 5.08. The molecule has 136 valence electrons. The maximum atomic E-state index is 6.15. The van der Waals surface area contributed by atoms with E-state index in [1.165, 1.54) is 37.2 Å². The number of halogens is 1. The molecule has 0 N–H and O–H groups in total. The predicted molar refractivity (Wildman–Crippen MR) is 102 cm³/mol. The summed E-state index contributed by atoms with van der Waals surface area (Å²) < 4.78 is 9.92. The van der Waals surface area contributed by atoms with Crippen molar-refractivity contribution in [1.29, 1.82) is 0 Å². The van der Waals surface area contributed by atoms with Crippen molar-refractivity contribution in [3.05, 3.63) is 11.0 Å². The molecule has 1 saturated carbocycles. The zero-order valence-corrected chi connectivity index (χ0v) is 16.3. The fourth-order valence-corrected chi connectivity index (χ4v) is 5.11. The Bertz CT molecular complexity index is 740. The van der Waals surface area contributed by atoms with E-state index in [0.29, 0.717) is 17.4 Å². The number of nitrogens with zero attached hydrogens (tertiary/aromatic N) is 5. The first-order valence-electron chi connectivity index (χ1n) is 8.97. The number of fused-ring (bicyclic) bond motifs is 1. The number of hydrogen-bond acceptors (Lipinski definition) is 7. The van der Waals surface area contributed by atoms with Crippen LogP contribution in [0.2, 0.25) is 5.28 Å². The first-order valence-corrected chi connectivity index (χ1v) is 10.1. The van der Waals surface area contributed by atoms with Crippen molar-refractivity contribution in [2.24, 2.45) is 0 Å². The van der Waals surface area contributed by atoms with Gasteiger partial charge in [-0.3, -0.25) is 4.90 Å². The van der Waals surface area contributed by atoms with E-state index < -0.39 is 0 Å². The van der Waals surface area contributed by atoms with Gasteiger partial charge in [-0.25, -0.2) is 4.98 Å². The first kappa shape index (κ1) is 17.4. The largest absolute Gasteiger partial charge is 0.379 e. The summed E-state index contributed by atoms with van der Waals surface area (Å²) in [6, 6.07) is 1.19. The first-order chi connectivity index (χ1) is 12.1. The van der Waals surface area contributed by atoms with Gasteiger partial charge in [0.1, 0.15) is 5.82 Å². The highest BCUT2D eigenvalue weighted by Crippen LogP contribution is 2.34. The average Bonchev–Trinajstić information content (AvgIpc) is 3.02. The molecular weight excluding hydrogens is 358 g/mol. The highest BCUT2D eigenvalue weighted by Gasteiger charge is 2.30. The quantitative estimate of drug-likeness (QED) is 0.761. The molecule has 0 radical (unpaired) electrons. The topological polar surface area (TPSA) is 54.4 Å². The lowest BCUT2D eigenvalue weighted by molar-refractivity contribution is 0.00738. The Hall–Kier alpha value is -1.02. The van der Waals surface area contributed by atoms with Crippen LogP contribution in [0.5, 0.6) is 0 Å². The highest BCUT2D eigenvalue weighted by atomic mass is 35.5. The van der Waals surface area contributed by atoms with Gasteiger partial charge >= 0.3 is 0 Å². The van der Waals surface area contributed by atoms with Gasteiger partial charge in [-0.05, 0) is 55.7 Å². The lowest BCUT2D eigenvalue weighted by Gasteiger charge is -2.41. The van der Waals surface area contributed by atoms with Crippen molar-refractivity contribution in [2.75, 3.05) is 38.3 Å². The summed E-state index contributed by atoms with van der Waals surface area (Å²) in [5.74, 6) is 0.927. The predicted octanol–water partition coefficient (Wildman–Crippen LogP) is 3.13. The lowest BCUT2D eigenvalue weighted by atomic mass is 9.89. The van der Waals surface area contributed by atoms with Gasteiger partial charge in [-0.2, -0.15) is 9.36 Å². The molecule has 0 spiro atoms. The number of rotatable bonds is 3. The Morgan fingerprint density at radius 3 is 2.60 bits per heavy atom. The van der Waals surface area contributed by atoms with Gasteiger partial charge in [-0.15, -0.1) is 0 Å². The second-order valence-electron chi connectivity index (χ2n) is 6.99. The van der Waals surface area contributed by atoms with E-state index in [1.54, 1.807) is 0 Å². The van der Waals surface area contributed by atoms with Crippen LogP contribution >= 0.6 is 23.1 Å². The lowest BCUT2D eigenvalue weighted by Crippen LogP contribution is -2.47. The molecule has 1 aliphatic heterocycles. The minimum atomic E-state index is 0.306. The molecule has 6 nitrogen and oxygen atoms in total. The third kappa shape index (κ3) is 3.47. The zero-order chi connectivity index (χ0) is 17.4. The van der Waals surface area contributed by atoms with Gasteiger partial charge in [0.2, 0.25) is 5.28 Å². The van der Waals surface area contributed by atoms with Crippen LogP contribution in [0.25, 0.3) is 10.2 Å². The normalized spacial score (nSPS) is 25.4. The number of ether oxygens (including phenoxy) is 1. The van der Waals surface area contributed by atoms with Crippen LogP contribution in [0.15, 0.2) is 0 Å². The summed E-state index contributed by atoms with van der Waals surface area (Å²) in [4.78, 5) is 14.6. The minimum absolute atomic E-state index is 0.306. The van der Waals surface area contributed by atoms with Crippen molar-refractivity contribution in [2.45, 2.75) is 44.7 Å². The van der Waals surface area contributed by atoms with Crippen LogP contribution in [0, 0.1) is 6.92 Å². The number of aromatic nitrogens is 3. The number of hydrogen-bond donors (Lipinski definition) is 0. The Balaban J connectivity index is 1.49. The molecule has 3 heterocycles. The maximum Gasteiger partial charge on any atom is 0.225 e. The monoisotopic (exact) mass is 381 g/mol. The van der Waals surface area contributed by atoms with Crippen molar-refractivity contribution in [3.8, 4) is 0 Å². The Morgan fingerprint density at radius 2 is 1.88 bits per heavy atom. The van der Waals surface area contributed by atoms with E-state index in [-0.39, 0.29) is 0 Å². The van der Waals surface area contributed by atoms with E-state index in [4.69, 9.17) is 16.3 Å². The molecule has 0 unspecified atom stereocenters. The molecule has 2 aromatic rings. The molecule has 2 aromatic heterocycles. The maximum absolute atomic E-state index is 6.15. The van der Waals surface area contributed by atoms with E-state index in [0.717, 1.165) is 48.0 Å². The Morgan fingerprint density at radius 1 is 1.16 bits per heavy atom. The van der Waals surface area contributed by atoms with Crippen LogP contribution < -0.4 is 4.90 Å². The molecule has 1 saturated heterocycles. The molecule has 8 heteroatoms. The van der Waals surface area contributed by atoms with Gasteiger partial charge in [-0.1, -0.05) is 0 Å². The Labute approximate surface area is 157 Å². The average molecular weight is 382 g/mol. The molecule has 2 aliphatic rings. The summed E-state index contributed by atoms with van der Waals surface area (Å²) in [6.45, 7) is 5.92. The number of anilines is 1. The summed E-state index contributed by atoms with van der Waals surface area (Å²) in [7, 11) is 2.13. The zero-order valence-electron chi connectivity index (χ0n) is 14.7. The second kappa shape index (κ2) is 7.31. The molecule has 0 aromatic carbocycles. The summed E-state index contributed by atoms with van der Waals surface area (Å²) in [5, 5.41) is 1.35. The van der Waals surface area contributed by atoms with Crippen LogP contribution in [-0.4, -0.2) is 64.7 Å². The standard InChI is InChI=1S/C17H24ClN5OS/c1-11-14-15(19-17(18)20-16(14)25-21-11)22(2)12-3-5-13(6-4-12)23-7-9-24-10-8-23/h12-13H,3-10H2,1-2H3. The van der Waals surface area contributed by atoms with E-state index in [2.05, 4.69) is 31.2 Å². The van der Waals surface area contributed by atoms with Crippen molar-refractivity contribution >= 4 is 39.2 Å². The summed E-state index contributed by atoms with van der Waals surface area (Å²) in [5.41, 5.74) is 0.987. The van der Waals surface area contributed by atoms with E-state index >= 15 is 0 Å². The third-order valence-corrected chi connectivity index (χ3v) is 6.57. The smallest absolute Gasteiger partial charge is 0.225 e. The van der Waals surface area contributed by atoms with Gasteiger partial charge < -0.3 is 9.64 Å². The second-order valence-corrected chi connectivity index (χ2v) is 8.08. The van der Waals surface area contributed by atoms with Crippen LogP contribution in [0.1, 0.15) is 31.4 Å². The minimum Gasteiger partial charge on any atom is -0.379 e. The molecular formula is C17H24ClN5OS. The summed E-state index contributed by atoms with van der Waals surface area (Å²) >= 11 is 7.55. The van der Waals surface area contributed by atoms with Gasteiger partial charge in [0.25, 0.3) is 0 Å². The van der Waals surface area contributed by atoms with E-state index in [9.17, 15) is 0 Å². The van der Waals surface area contributed by atoms with Crippen molar-refractivity contribution < 1.29 is 4.74 Å². The van der Waals surface area contributed by atoms with Crippen LogP contribution in [0.4, 0.5) is 5.82 Å². The number of morpholine rings is 1. The molecule has 0 amide bonds. The van der Waals surface area contributed by atoms with Crippen LogP contribution in [0.3, 0.4) is 0 Å². The summed E-state index contributed by atoms with van der Waals surface area (Å²) in [6.07, 6.45) is 4.83. The fraction of sp³-hybridized carbons (Fsp3) is 0.706. The van der Waals surface area contributed by atoms with Gasteiger partial charge in [0.15, 0.2) is 4.83 Å². The van der Waals surface area contributed by atoms with Gasteiger partial charge in [0, 0.05) is 32.2 Å². The molecule has 0 atom stereocenters. The molecule has 4 rings (SSSR count). The molecule has 2 fully saturated rings. The van der Waals surface area contributed by atoms with Crippen LogP contribution in [-0.2, 0) is 4.74 Å². The fourth-order valence-electron chi connectivity index (χ4n) is 4.13. The number of aryl methyl sites for hydroxylation is 1. The third-order valence-electron chi connectivity index (χ3n) is 5.57. The van der Waals surface area contributed by atoms with Gasteiger partial charge in [0.05, 0.1) is 24.3 Å². The SMILES string of the molecule is Cc1nsc2nc(Cl)nc(N(C)C3CCC(N4CCOCC4)CC3)c12. The van der Waals surface area contributed by atoms with Crippen molar-refractivity contribution in [3.63, 3.8) is 0 Å². The molecule has 25 heavy (non-hydrogen) atoms. The molecule has 1 aliphatic carbocycles. The van der Waals surface area contributed by atoms with E-state index in [1.807, 2.05) is 6.92 Å². The molecule has 0 bridgehead atoms.